The lowest BCUT2D eigenvalue weighted by Gasteiger charge is -1.97. The van der Waals surface area contributed by atoms with Gasteiger partial charge >= 0.3 is 0 Å². The van der Waals surface area contributed by atoms with Crippen molar-refractivity contribution in [2.24, 2.45) is 7.05 Å². The Morgan fingerprint density at radius 1 is 1.18 bits per heavy atom. The van der Waals surface area contributed by atoms with Gasteiger partial charge in [0, 0.05) is 28.0 Å². The largest absolute Gasteiger partial charge is 0.204 e. The van der Waals surface area contributed by atoms with Gasteiger partial charge in [0.15, 0.2) is 11.9 Å². The third-order valence-electron chi connectivity index (χ3n) is 3.37. The maximum absolute atomic E-state index is 2.29. The van der Waals surface area contributed by atoms with Crippen LogP contribution < -0.4 is 4.57 Å². The molecule has 17 heavy (non-hydrogen) atoms. The van der Waals surface area contributed by atoms with Gasteiger partial charge in [0.25, 0.3) is 0 Å². The zero-order valence-corrected chi connectivity index (χ0v) is 11.3. The molecule has 0 radical (unpaired) electrons. The first-order chi connectivity index (χ1) is 8.20. The summed E-state index contributed by atoms with van der Waals surface area (Å²) in [6.45, 7) is 4.38. The van der Waals surface area contributed by atoms with E-state index in [0.717, 1.165) is 6.42 Å². The third-order valence-corrected chi connectivity index (χ3v) is 4.59. The average molecular weight is 242 g/mol. The van der Waals surface area contributed by atoms with Crippen molar-refractivity contribution in [3.05, 3.63) is 41.7 Å². The van der Waals surface area contributed by atoms with Gasteiger partial charge < -0.3 is 0 Å². The fraction of sp³-hybridized carbons (Fsp3) is 0.267. The number of benzene rings is 1. The summed E-state index contributed by atoms with van der Waals surface area (Å²) in [4.78, 5) is 0. The van der Waals surface area contributed by atoms with Gasteiger partial charge in [-0.25, -0.2) is 4.57 Å². The Labute approximate surface area is 105 Å². The molecule has 2 heteroatoms. The van der Waals surface area contributed by atoms with Crippen molar-refractivity contribution in [1.29, 1.82) is 0 Å². The van der Waals surface area contributed by atoms with Gasteiger partial charge in [-0.2, -0.15) is 0 Å². The topological polar surface area (TPSA) is 3.88 Å². The van der Waals surface area contributed by atoms with Crippen LogP contribution in [-0.2, 0) is 13.5 Å². The van der Waals surface area contributed by atoms with E-state index in [1.54, 1.807) is 0 Å². The molecule has 3 aromatic rings. The molecule has 2 heterocycles. The summed E-state index contributed by atoms with van der Waals surface area (Å²) in [5.74, 6) is 0. The van der Waals surface area contributed by atoms with Gasteiger partial charge in [-0.15, -0.1) is 11.3 Å². The van der Waals surface area contributed by atoms with E-state index in [1.165, 1.54) is 31.4 Å². The molecule has 0 aliphatic rings. The number of aromatic nitrogens is 1. The van der Waals surface area contributed by atoms with Crippen LogP contribution in [0.5, 0.6) is 0 Å². The van der Waals surface area contributed by atoms with Crippen molar-refractivity contribution in [3.8, 4) is 0 Å². The Morgan fingerprint density at radius 3 is 2.76 bits per heavy atom. The normalized spacial score (nSPS) is 11.5. The van der Waals surface area contributed by atoms with E-state index in [1.807, 2.05) is 11.3 Å². The zero-order chi connectivity index (χ0) is 12.0. The zero-order valence-electron chi connectivity index (χ0n) is 10.4. The van der Waals surface area contributed by atoms with Gasteiger partial charge in [0.05, 0.1) is 0 Å². The Morgan fingerprint density at radius 2 is 2.00 bits per heavy atom. The van der Waals surface area contributed by atoms with E-state index in [-0.39, 0.29) is 0 Å². The van der Waals surface area contributed by atoms with Gasteiger partial charge in [-0.3, -0.25) is 0 Å². The molecule has 0 atom stereocenters. The summed E-state index contributed by atoms with van der Waals surface area (Å²) in [5.41, 5.74) is 2.77. The third kappa shape index (κ3) is 1.55. The molecule has 0 amide bonds. The summed E-state index contributed by atoms with van der Waals surface area (Å²) in [7, 11) is 2.13. The van der Waals surface area contributed by atoms with Crippen LogP contribution >= 0.6 is 11.3 Å². The molecule has 2 aromatic heterocycles. The van der Waals surface area contributed by atoms with Crippen LogP contribution in [0.25, 0.3) is 20.2 Å². The van der Waals surface area contributed by atoms with E-state index in [2.05, 4.69) is 55.9 Å². The minimum atomic E-state index is 1.08. The van der Waals surface area contributed by atoms with E-state index in [9.17, 15) is 0 Å². The van der Waals surface area contributed by atoms with Gasteiger partial charge in [-0.1, -0.05) is 19.1 Å². The fourth-order valence-corrected chi connectivity index (χ4v) is 3.90. The average Bonchev–Trinajstić information content (AvgIpc) is 2.66. The highest BCUT2D eigenvalue weighted by Crippen LogP contribution is 2.35. The predicted molar refractivity (Wildman–Crippen MR) is 74.6 cm³/mol. The van der Waals surface area contributed by atoms with Crippen molar-refractivity contribution >= 4 is 31.5 Å². The molecule has 0 unspecified atom stereocenters. The maximum Gasteiger partial charge on any atom is 0.198 e. The Kier molecular flexibility index (Phi) is 2.40. The lowest BCUT2D eigenvalue weighted by Crippen LogP contribution is -2.32. The van der Waals surface area contributed by atoms with E-state index in [4.69, 9.17) is 0 Å². The van der Waals surface area contributed by atoms with Gasteiger partial charge in [-0.05, 0) is 18.6 Å². The minimum absolute atomic E-state index is 1.08. The highest BCUT2D eigenvalue weighted by atomic mass is 32.1. The summed E-state index contributed by atoms with van der Waals surface area (Å²) < 4.78 is 5.09. The summed E-state index contributed by atoms with van der Waals surface area (Å²) in [6.07, 6.45) is 3.26. The first-order valence-electron chi connectivity index (χ1n) is 6.01. The van der Waals surface area contributed by atoms with E-state index >= 15 is 0 Å². The van der Waals surface area contributed by atoms with Crippen molar-refractivity contribution in [3.63, 3.8) is 0 Å². The molecular formula is C15H16NS+. The SMILES string of the molecule is CCc1c2sc3cc(C)ccc3c2cc[n+]1C. The highest BCUT2D eigenvalue weighted by molar-refractivity contribution is 7.26. The lowest BCUT2D eigenvalue weighted by atomic mass is 10.1. The molecular weight excluding hydrogens is 226 g/mol. The number of pyridine rings is 1. The van der Waals surface area contributed by atoms with Gasteiger partial charge in [0.1, 0.15) is 11.7 Å². The van der Waals surface area contributed by atoms with Crippen LogP contribution in [0.15, 0.2) is 30.5 Å². The summed E-state index contributed by atoms with van der Waals surface area (Å²) in [5, 5.41) is 2.80. The van der Waals surface area contributed by atoms with Crippen molar-refractivity contribution in [2.45, 2.75) is 20.3 Å². The number of thiophene rings is 1. The van der Waals surface area contributed by atoms with Gasteiger partial charge in [0.2, 0.25) is 0 Å². The number of aryl methyl sites for hydroxylation is 3. The molecule has 0 aliphatic carbocycles. The van der Waals surface area contributed by atoms with Crippen molar-refractivity contribution in [1.82, 2.24) is 0 Å². The van der Waals surface area contributed by atoms with Crippen LogP contribution in [-0.4, -0.2) is 0 Å². The van der Waals surface area contributed by atoms with E-state index in [0.29, 0.717) is 0 Å². The first kappa shape index (κ1) is 10.7. The lowest BCUT2D eigenvalue weighted by molar-refractivity contribution is -0.677. The minimum Gasteiger partial charge on any atom is -0.204 e. The van der Waals surface area contributed by atoms with E-state index < -0.39 is 0 Å². The van der Waals surface area contributed by atoms with Crippen LogP contribution in [0.3, 0.4) is 0 Å². The maximum atomic E-state index is 2.29. The monoisotopic (exact) mass is 242 g/mol. The highest BCUT2D eigenvalue weighted by Gasteiger charge is 2.14. The summed E-state index contributed by atoms with van der Waals surface area (Å²) in [6, 6.07) is 8.98. The Bertz CT molecular complexity index is 710. The standard InChI is InChI=1S/C15H16NS/c1-4-13-15-12(7-8-16(13)3)11-6-5-10(2)9-14(11)17-15/h5-9H,4H2,1-3H3/q+1. The molecule has 1 nitrogen and oxygen atoms in total. The van der Waals surface area contributed by atoms with Crippen molar-refractivity contribution in [2.75, 3.05) is 0 Å². The fourth-order valence-electron chi connectivity index (χ4n) is 2.45. The Balaban J connectivity index is 2.50. The number of nitrogens with zero attached hydrogens (tertiary/aromatic N) is 1. The molecule has 3 rings (SSSR count). The van der Waals surface area contributed by atoms with Crippen LogP contribution in [0.2, 0.25) is 0 Å². The molecule has 0 aliphatic heterocycles. The van der Waals surface area contributed by atoms with Crippen LogP contribution in [0, 0.1) is 6.92 Å². The second kappa shape index (κ2) is 3.81. The number of fused-ring (bicyclic) bond motifs is 3. The molecule has 0 N–H and O–H groups in total. The molecule has 86 valence electrons. The molecule has 1 aromatic carbocycles. The molecule has 0 spiro atoms. The molecule has 0 saturated carbocycles. The predicted octanol–water partition coefficient (Wildman–Crippen LogP) is 3.75. The second-order valence-electron chi connectivity index (χ2n) is 4.57. The Hall–Kier alpha value is -1.41. The molecule has 0 fully saturated rings. The van der Waals surface area contributed by atoms with Crippen LogP contribution in [0.4, 0.5) is 0 Å². The first-order valence-corrected chi connectivity index (χ1v) is 6.82. The van der Waals surface area contributed by atoms with Crippen molar-refractivity contribution < 1.29 is 4.57 Å². The van der Waals surface area contributed by atoms with Crippen LogP contribution in [0.1, 0.15) is 18.2 Å². The number of rotatable bonds is 1. The quantitative estimate of drug-likeness (QED) is 0.572. The number of hydrogen-bond donors (Lipinski definition) is 0. The number of hydrogen-bond acceptors (Lipinski definition) is 1. The second-order valence-corrected chi connectivity index (χ2v) is 5.62. The molecule has 0 bridgehead atoms. The summed E-state index contributed by atoms with van der Waals surface area (Å²) >= 11 is 1.92. The molecule has 0 saturated heterocycles. The smallest absolute Gasteiger partial charge is 0.198 e.